The Labute approximate surface area is 321 Å². The SMILES string of the molecule is CNCC(=O)Oc1c(C)cc(C[n+]2cnn(C[C@](O)(c3ccc(F)cc3F)[C@@H](C)c3nc(-c4ccc(C#N)cc4)cs3)c2)cc1C.O=C(O)C(F)(F)F.[Br-]. The van der Waals surface area contributed by atoms with Crippen molar-refractivity contribution in [2.75, 3.05) is 13.6 Å². The number of aryl methyl sites for hydroxylation is 2. The molecule has 0 aliphatic carbocycles. The number of likely N-dealkylation sites (N-methyl/N-ethyl adjacent to an activating group) is 1. The van der Waals surface area contributed by atoms with Crippen molar-refractivity contribution in [2.45, 2.75) is 51.6 Å². The van der Waals surface area contributed by atoms with E-state index in [1.54, 1.807) is 50.9 Å². The van der Waals surface area contributed by atoms with Gasteiger partial charge in [0.1, 0.15) is 29.5 Å². The Morgan fingerprint density at radius 1 is 1.09 bits per heavy atom. The van der Waals surface area contributed by atoms with Crippen molar-refractivity contribution in [3.8, 4) is 23.1 Å². The molecule has 18 heteroatoms. The lowest BCUT2D eigenvalue weighted by atomic mass is 9.82. The first-order chi connectivity index (χ1) is 24.9. The van der Waals surface area contributed by atoms with Crippen molar-refractivity contribution >= 4 is 23.3 Å². The van der Waals surface area contributed by atoms with Gasteiger partial charge in [0.15, 0.2) is 0 Å². The van der Waals surface area contributed by atoms with Crippen LogP contribution in [0.15, 0.2) is 72.6 Å². The number of nitrogens with one attached hydrogen (secondary N) is 1. The summed E-state index contributed by atoms with van der Waals surface area (Å²) in [5.41, 5.74) is 2.62. The smallest absolute Gasteiger partial charge is 0.490 e. The number of aliphatic carboxylic acids is 1. The number of thiazole rings is 1. The third kappa shape index (κ3) is 10.7. The number of carboxylic acid groups (broad SMARTS) is 1. The Kier molecular flexibility index (Phi) is 14.7. The maximum absolute atomic E-state index is 15.3. The fourth-order valence-corrected chi connectivity index (χ4v) is 6.38. The lowest BCUT2D eigenvalue weighted by Gasteiger charge is -2.32. The fourth-order valence-electron chi connectivity index (χ4n) is 5.41. The van der Waals surface area contributed by atoms with E-state index in [9.17, 15) is 27.5 Å². The van der Waals surface area contributed by atoms with Crippen molar-refractivity contribution in [2.24, 2.45) is 0 Å². The predicted octanol–water partition coefficient (Wildman–Crippen LogP) is 2.56. The second kappa shape index (κ2) is 18.3. The number of aromatic nitrogens is 4. The molecule has 0 bridgehead atoms. The summed E-state index contributed by atoms with van der Waals surface area (Å²) in [6.45, 7) is 5.88. The highest BCUT2D eigenvalue weighted by molar-refractivity contribution is 7.10. The van der Waals surface area contributed by atoms with Gasteiger partial charge in [-0.05, 0) is 67.9 Å². The number of ether oxygens (including phenoxy) is 1. The van der Waals surface area contributed by atoms with E-state index in [0.717, 1.165) is 34.4 Å². The van der Waals surface area contributed by atoms with Crippen molar-refractivity contribution in [1.29, 1.82) is 5.26 Å². The second-order valence-corrected chi connectivity index (χ2v) is 12.9. The molecule has 0 aliphatic heterocycles. The van der Waals surface area contributed by atoms with Crippen molar-refractivity contribution in [3.05, 3.63) is 117 Å². The van der Waals surface area contributed by atoms with Crippen LogP contribution in [0.25, 0.3) is 11.3 Å². The van der Waals surface area contributed by atoms with Crippen LogP contribution in [0.2, 0.25) is 0 Å². The summed E-state index contributed by atoms with van der Waals surface area (Å²) in [7, 11) is 1.67. The number of aliphatic hydroxyl groups is 1. The van der Waals surface area contributed by atoms with E-state index in [1.165, 1.54) is 22.1 Å². The zero-order valence-electron chi connectivity index (χ0n) is 29.2. The number of carbonyl (C=O) groups excluding carboxylic acids is 1. The van der Waals surface area contributed by atoms with Crippen LogP contribution >= 0.6 is 11.3 Å². The van der Waals surface area contributed by atoms with Crippen LogP contribution in [0.3, 0.4) is 0 Å². The molecule has 5 rings (SSSR count). The van der Waals surface area contributed by atoms with Crippen LogP contribution in [0, 0.1) is 36.8 Å². The molecule has 0 saturated carbocycles. The first-order valence-electron chi connectivity index (χ1n) is 15.8. The molecule has 2 heterocycles. The number of rotatable bonds is 11. The van der Waals surface area contributed by atoms with Gasteiger partial charge in [0.2, 0.25) is 6.33 Å². The molecule has 2 aromatic heterocycles. The molecule has 0 fully saturated rings. The van der Waals surface area contributed by atoms with E-state index in [4.69, 9.17) is 24.9 Å². The molecule has 2 atom stereocenters. The van der Waals surface area contributed by atoms with Gasteiger partial charge < -0.3 is 37.2 Å². The quantitative estimate of drug-likeness (QED) is 0.0789. The molecule has 54 heavy (non-hydrogen) atoms. The fraction of sp³-hybridized carbons (Fsp3) is 0.278. The summed E-state index contributed by atoms with van der Waals surface area (Å²) in [6, 6.07) is 16.1. The zero-order chi connectivity index (χ0) is 39.1. The van der Waals surface area contributed by atoms with Crippen molar-refractivity contribution in [1.82, 2.24) is 20.1 Å². The van der Waals surface area contributed by atoms with Gasteiger partial charge in [-0.1, -0.05) is 25.1 Å². The third-order valence-electron chi connectivity index (χ3n) is 8.01. The third-order valence-corrected chi connectivity index (χ3v) is 9.04. The Hall–Kier alpha value is -5.09. The first-order valence-corrected chi connectivity index (χ1v) is 16.6. The molecule has 5 aromatic rings. The molecule has 0 radical (unpaired) electrons. The number of hydrogen-bond acceptors (Lipinski definition) is 9. The minimum Gasteiger partial charge on any atom is -1.00 e. The molecule has 3 aromatic carbocycles. The van der Waals surface area contributed by atoms with Crippen molar-refractivity contribution in [3.63, 3.8) is 0 Å². The van der Waals surface area contributed by atoms with Gasteiger partial charge in [-0.2, -0.15) is 18.4 Å². The summed E-state index contributed by atoms with van der Waals surface area (Å²) in [5.74, 6) is -4.95. The largest absolute Gasteiger partial charge is 1.00 e. The molecule has 0 aliphatic rings. The van der Waals surface area contributed by atoms with E-state index >= 15 is 4.39 Å². The van der Waals surface area contributed by atoms with E-state index in [0.29, 0.717) is 28.6 Å². The van der Waals surface area contributed by atoms with Gasteiger partial charge in [0, 0.05) is 33.6 Å². The van der Waals surface area contributed by atoms with Crippen LogP contribution in [0.4, 0.5) is 22.0 Å². The van der Waals surface area contributed by atoms with Gasteiger partial charge in [-0.3, -0.25) is 4.79 Å². The summed E-state index contributed by atoms with van der Waals surface area (Å²) >= 11 is 1.32. The van der Waals surface area contributed by atoms with E-state index < -0.39 is 35.3 Å². The monoisotopic (exact) mass is 836 g/mol. The lowest BCUT2D eigenvalue weighted by molar-refractivity contribution is -0.689. The minimum atomic E-state index is -5.08. The molecule has 0 amide bonds. The van der Waals surface area contributed by atoms with Crippen LogP contribution in [0.1, 0.15) is 45.7 Å². The van der Waals surface area contributed by atoms with Crippen LogP contribution < -0.4 is 31.6 Å². The number of nitriles is 1. The molecule has 0 unspecified atom stereocenters. The molecule has 0 saturated heterocycles. The van der Waals surface area contributed by atoms with E-state index in [-0.39, 0.29) is 41.6 Å². The van der Waals surface area contributed by atoms with Gasteiger partial charge in [0.25, 0.3) is 6.33 Å². The lowest BCUT2D eigenvalue weighted by Crippen LogP contribution is -3.00. The van der Waals surface area contributed by atoms with Gasteiger partial charge >= 0.3 is 18.1 Å². The number of esters is 1. The molecule has 0 spiro atoms. The number of benzene rings is 3. The van der Waals surface area contributed by atoms with E-state index in [1.807, 2.05) is 35.9 Å². The Balaban J connectivity index is 0.000000893. The minimum absolute atomic E-state index is 0. The topological polar surface area (TPSA) is 154 Å². The first kappa shape index (κ1) is 43.3. The second-order valence-electron chi connectivity index (χ2n) is 12.0. The maximum Gasteiger partial charge on any atom is 0.490 e. The normalized spacial score (nSPS) is 12.7. The number of nitrogens with zero attached hydrogens (tertiary/aromatic N) is 5. The number of hydrogen-bond donors (Lipinski definition) is 3. The Morgan fingerprint density at radius 2 is 1.72 bits per heavy atom. The molecular weight excluding hydrogens is 803 g/mol. The van der Waals surface area contributed by atoms with Crippen LogP contribution in [0.5, 0.6) is 5.75 Å². The highest BCUT2D eigenvalue weighted by Gasteiger charge is 2.43. The highest BCUT2D eigenvalue weighted by atomic mass is 79.9. The number of carbonyl (C=O) groups is 2. The molecule has 286 valence electrons. The molecular formula is C36H34BrF5N6O5S. The molecule has 3 N–H and O–H groups in total. The standard InChI is InChI=1S/C34H33F2N6O3S.C2HF3O2.BrH/c1-21-11-25(12-22(2)32(21)45-31(43)15-38-4)16-41-19-39-42(20-41)18-34(44,28-10-9-27(35)13-29(28)36)23(3)33-40-30(17-46-33)26-7-5-24(14-37)6-8-26;3-2(4,5)1(6)7;/h5-13,17,19-20,23,38,44H,15-16,18H2,1-4H3;(H,6,7);1H/q+1;;/p-1/t23-,34+;;/m0../s1. The van der Waals surface area contributed by atoms with Gasteiger partial charge in [-0.25, -0.2) is 23.1 Å². The number of carboxylic acids is 1. The maximum atomic E-state index is 15.3. The highest BCUT2D eigenvalue weighted by Crippen LogP contribution is 2.41. The van der Waals surface area contributed by atoms with Crippen LogP contribution in [-0.2, 0) is 28.3 Å². The van der Waals surface area contributed by atoms with Gasteiger partial charge in [0.05, 0.1) is 35.4 Å². The predicted molar refractivity (Wildman–Crippen MR) is 182 cm³/mol. The summed E-state index contributed by atoms with van der Waals surface area (Å²) in [5, 5.41) is 38.1. The number of halogens is 6. The Bertz CT molecular complexity index is 2110. The number of alkyl halides is 3. The van der Waals surface area contributed by atoms with Gasteiger partial charge in [-0.15, -0.1) is 16.0 Å². The molecule has 11 nitrogen and oxygen atoms in total. The average molecular weight is 838 g/mol. The zero-order valence-corrected chi connectivity index (χ0v) is 31.6. The van der Waals surface area contributed by atoms with Crippen molar-refractivity contribution < 1.29 is 68.0 Å². The summed E-state index contributed by atoms with van der Waals surface area (Å²) in [4.78, 5) is 25.6. The van der Waals surface area contributed by atoms with Crippen LogP contribution in [-0.4, -0.2) is 56.7 Å². The Morgan fingerprint density at radius 3 is 2.28 bits per heavy atom. The summed E-state index contributed by atoms with van der Waals surface area (Å²) in [6.07, 6.45) is -1.78. The summed E-state index contributed by atoms with van der Waals surface area (Å²) < 4.78 is 69.8. The average Bonchev–Trinajstić information content (AvgIpc) is 3.76. The van der Waals surface area contributed by atoms with E-state index in [2.05, 4.69) is 16.5 Å².